The van der Waals surface area contributed by atoms with E-state index in [-0.39, 0.29) is 40.2 Å². The van der Waals surface area contributed by atoms with E-state index in [1.54, 1.807) is 24.3 Å². The highest BCUT2D eigenvalue weighted by Gasteiger charge is 2.39. The van der Waals surface area contributed by atoms with Crippen LogP contribution in [0.4, 0.5) is 11.6 Å². The highest BCUT2D eigenvalue weighted by atomic mass is 16.5. The first kappa shape index (κ1) is 19.6. The van der Waals surface area contributed by atoms with Gasteiger partial charge >= 0.3 is 11.7 Å². The molecular weight excluding hydrogens is 448 g/mol. The van der Waals surface area contributed by atoms with Gasteiger partial charge in [0.2, 0.25) is 0 Å². The summed E-state index contributed by atoms with van der Waals surface area (Å²) in [5, 5.41) is 18.6. The van der Waals surface area contributed by atoms with Gasteiger partial charge in [-0.25, -0.2) is 14.3 Å². The van der Waals surface area contributed by atoms with Crippen LogP contribution < -0.4 is 4.74 Å². The van der Waals surface area contributed by atoms with Gasteiger partial charge in [-0.15, -0.1) is 0 Å². The molecule has 160 valence electrons. The van der Waals surface area contributed by atoms with Gasteiger partial charge in [0.25, 0.3) is 17.5 Å². The fraction of sp³-hybridized carbons (Fsp3) is 0. The third-order valence-electron chi connectivity index (χ3n) is 5.70. The number of nitriles is 2. The van der Waals surface area contributed by atoms with Crippen LogP contribution in [0.25, 0.3) is 32.5 Å². The summed E-state index contributed by atoms with van der Waals surface area (Å²) < 4.78 is 8.15. The number of carbonyl (C=O) groups excluding carboxylic acids is 2. The van der Waals surface area contributed by atoms with Crippen molar-refractivity contribution in [2.45, 2.75) is 0 Å². The monoisotopic (exact) mass is 454 g/mol. The van der Waals surface area contributed by atoms with Crippen LogP contribution >= 0.6 is 0 Å². The van der Waals surface area contributed by atoms with Crippen molar-refractivity contribution in [1.82, 2.24) is 19.1 Å². The van der Waals surface area contributed by atoms with Crippen LogP contribution in [-0.2, 0) is 0 Å². The summed E-state index contributed by atoms with van der Waals surface area (Å²) in [6.07, 6.45) is 0. The molecule has 11 nitrogen and oxygen atoms in total. The lowest BCUT2D eigenvalue weighted by Gasteiger charge is -2.08. The minimum absolute atomic E-state index is 0.124. The molecule has 4 aromatic rings. The van der Waals surface area contributed by atoms with Crippen molar-refractivity contribution in [1.29, 1.82) is 10.5 Å². The molecule has 4 heterocycles. The minimum Gasteiger partial charge on any atom is -0.457 e. The molecule has 0 N–H and O–H groups in total. The Morgan fingerprint density at radius 1 is 0.800 bits per heavy atom. The summed E-state index contributed by atoms with van der Waals surface area (Å²) in [4.78, 5) is 40.4. The van der Waals surface area contributed by atoms with Gasteiger partial charge in [0.1, 0.15) is 23.6 Å². The number of imidazole rings is 2. The third-order valence-corrected chi connectivity index (χ3v) is 5.70. The summed E-state index contributed by atoms with van der Waals surface area (Å²) in [7, 11) is 0. The third kappa shape index (κ3) is 2.44. The van der Waals surface area contributed by atoms with Gasteiger partial charge in [-0.2, -0.15) is 15.1 Å². The highest BCUT2D eigenvalue weighted by Crippen LogP contribution is 2.42. The van der Waals surface area contributed by atoms with E-state index in [9.17, 15) is 20.1 Å². The van der Waals surface area contributed by atoms with Gasteiger partial charge in [0, 0.05) is 5.56 Å². The number of nitrogens with zero attached hydrogens (tertiary/aromatic N) is 8. The standard InChI is InChI=1S/C24H6N8O3/c1-27-19-22(28-2)32-20(30-19)13-5-3-12(8-16(13)24(32)34)35-11-4-6-14-15(7-11)21-29-17(9-25)18(10-26)31(21)23(14)33/h3-8H. The fourth-order valence-electron chi connectivity index (χ4n) is 4.22. The maximum absolute atomic E-state index is 12.9. The van der Waals surface area contributed by atoms with Gasteiger partial charge in [-0.3, -0.25) is 4.79 Å². The lowest BCUT2D eigenvalue weighted by Crippen LogP contribution is -2.08. The average Bonchev–Trinajstić information content (AvgIpc) is 3.58. The number of benzene rings is 2. The van der Waals surface area contributed by atoms with E-state index in [4.69, 9.17) is 17.9 Å². The number of hydrogen-bond donors (Lipinski definition) is 0. The van der Waals surface area contributed by atoms with E-state index < -0.39 is 11.8 Å². The van der Waals surface area contributed by atoms with Crippen LogP contribution in [0.5, 0.6) is 11.5 Å². The Morgan fingerprint density at radius 3 is 2.11 bits per heavy atom. The van der Waals surface area contributed by atoms with Crippen molar-refractivity contribution in [3.63, 3.8) is 0 Å². The molecule has 0 unspecified atom stereocenters. The molecule has 0 amide bonds. The largest absolute Gasteiger partial charge is 0.457 e. The van der Waals surface area contributed by atoms with Gasteiger partial charge < -0.3 is 14.4 Å². The number of aromatic nitrogens is 4. The lowest BCUT2D eigenvalue weighted by atomic mass is 10.1. The van der Waals surface area contributed by atoms with Crippen molar-refractivity contribution in [3.05, 3.63) is 81.7 Å². The summed E-state index contributed by atoms with van der Waals surface area (Å²) in [5.74, 6) is -0.127. The number of carbonyl (C=O) groups is 2. The SMILES string of the molecule is [C-]#[N+]c1nc2n(c1[N+]#[C-])C(=O)c1cc(Oc3ccc4c(c3)-c3nc(C#N)c(C#N)n3C4=O)ccc1-2. The van der Waals surface area contributed by atoms with Crippen LogP contribution in [0.3, 0.4) is 0 Å². The van der Waals surface area contributed by atoms with E-state index in [2.05, 4.69) is 19.7 Å². The van der Waals surface area contributed by atoms with Crippen molar-refractivity contribution in [2.24, 2.45) is 0 Å². The molecule has 0 aliphatic carbocycles. The predicted octanol–water partition coefficient (Wildman–Crippen LogP) is 4.05. The molecule has 2 aromatic heterocycles. The van der Waals surface area contributed by atoms with Crippen molar-refractivity contribution in [3.8, 4) is 46.4 Å². The molecule has 35 heavy (non-hydrogen) atoms. The maximum atomic E-state index is 12.9. The second kappa shape index (κ2) is 6.73. The Morgan fingerprint density at radius 2 is 1.46 bits per heavy atom. The Balaban J connectivity index is 1.38. The summed E-state index contributed by atoms with van der Waals surface area (Å²) in [6.45, 7) is 14.5. The molecule has 2 aliphatic heterocycles. The molecule has 2 aliphatic rings. The molecule has 0 spiro atoms. The second-order valence-corrected chi connectivity index (χ2v) is 7.46. The number of hydrogen-bond acceptors (Lipinski definition) is 7. The zero-order valence-corrected chi connectivity index (χ0v) is 17.3. The van der Waals surface area contributed by atoms with Crippen LogP contribution in [0.15, 0.2) is 36.4 Å². The molecule has 2 aromatic carbocycles. The van der Waals surface area contributed by atoms with Crippen LogP contribution in [0, 0.1) is 35.8 Å². The molecule has 0 radical (unpaired) electrons. The zero-order valence-electron chi connectivity index (χ0n) is 17.3. The molecular formula is C24H6N8O3. The Labute approximate surface area is 195 Å². The van der Waals surface area contributed by atoms with Gasteiger partial charge in [-0.1, -0.05) is 18.1 Å². The van der Waals surface area contributed by atoms with E-state index in [1.165, 1.54) is 12.1 Å². The van der Waals surface area contributed by atoms with E-state index >= 15 is 0 Å². The lowest BCUT2D eigenvalue weighted by molar-refractivity contribution is 0.0961. The second-order valence-electron chi connectivity index (χ2n) is 7.46. The van der Waals surface area contributed by atoms with Crippen LogP contribution in [0.1, 0.15) is 32.1 Å². The molecule has 11 heteroatoms. The molecule has 0 saturated heterocycles. The van der Waals surface area contributed by atoms with Crippen LogP contribution in [-0.4, -0.2) is 30.9 Å². The van der Waals surface area contributed by atoms with Gasteiger partial charge in [0.15, 0.2) is 17.2 Å². The molecule has 0 saturated carbocycles. The Bertz CT molecular complexity index is 1860. The summed E-state index contributed by atoms with van der Waals surface area (Å²) >= 11 is 0. The number of rotatable bonds is 2. The molecule has 0 atom stereocenters. The number of fused-ring (bicyclic) bond motifs is 6. The molecule has 6 rings (SSSR count). The Hall–Kier alpha value is -6.04. The average molecular weight is 454 g/mol. The topological polar surface area (TPSA) is 135 Å². The maximum Gasteiger partial charge on any atom is 0.333 e. The van der Waals surface area contributed by atoms with E-state index in [1.807, 2.05) is 12.1 Å². The molecule has 0 bridgehead atoms. The van der Waals surface area contributed by atoms with Crippen molar-refractivity contribution >= 4 is 23.5 Å². The van der Waals surface area contributed by atoms with E-state index in [0.29, 0.717) is 28.2 Å². The first-order valence-corrected chi connectivity index (χ1v) is 9.87. The van der Waals surface area contributed by atoms with Gasteiger partial charge in [0.05, 0.1) is 16.7 Å². The van der Waals surface area contributed by atoms with E-state index in [0.717, 1.165) is 9.13 Å². The summed E-state index contributed by atoms with van der Waals surface area (Å²) in [5.41, 5.74) is 1.23. The molecule has 0 fully saturated rings. The highest BCUT2D eigenvalue weighted by molar-refractivity contribution is 6.11. The van der Waals surface area contributed by atoms with Crippen molar-refractivity contribution in [2.75, 3.05) is 0 Å². The van der Waals surface area contributed by atoms with Crippen molar-refractivity contribution < 1.29 is 14.3 Å². The normalized spacial score (nSPS) is 12.0. The fourth-order valence-corrected chi connectivity index (χ4v) is 4.22. The smallest absolute Gasteiger partial charge is 0.333 e. The first-order valence-electron chi connectivity index (χ1n) is 9.87. The summed E-state index contributed by atoms with van der Waals surface area (Å²) in [6, 6.07) is 13.1. The zero-order chi connectivity index (χ0) is 24.4. The first-order chi connectivity index (χ1) is 17.0. The Kier molecular flexibility index (Phi) is 3.77. The predicted molar refractivity (Wildman–Crippen MR) is 117 cm³/mol. The quantitative estimate of drug-likeness (QED) is 0.360. The minimum atomic E-state index is -0.483. The van der Waals surface area contributed by atoms with Crippen LogP contribution in [0.2, 0.25) is 0 Å². The number of ether oxygens (including phenoxy) is 1. The van der Waals surface area contributed by atoms with Gasteiger partial charge in [-0.05, 0) is 36.4 Å².